The average Bonchev–Trinajstić information content (AvgIpc) is 2.71. The third-order valence-corrected chi connectivity index (χ3v) is 4.95. The maximum absolute atomic E-state index is 12.4. The minimum absolute atomic E-state index is 0.00510. The summed E-state index contributed by atoms with van der Waals surface area (Å²) in [6.45, 7) is 11.0. The van der Waals surface area contributed by atoms with Crippen molar-refractivity contribution in [3.05, 3.63) is 65.7 Å². The summed E-state index contributed by atoms with van der Waals surface area (Å²) in [7, 11) is 0. The zero-order valence-corrected chi connectivity index (χ0v) is 17.5. The standard InChI is InChI=1S/C21H25F3N2O.C2H6/c1-15(2)19-14-26(13-12-25-19)20(16-6-4-3-5-7-16)17-8-10-18(11-9-17)27-21(22,23)24;1-2/h3-11,15,19-20,25H,12-14H2,1-2H3;1-2H3. The van der Waals surface area contributed by atoms with Gasteiger partial charge in [-0.15, -0.1) is 13.2 Å². The number of piperazine rings is 1. The minimum atomic E-state index is -4.68. The van der Waals surface area contributed by atoms with Gasteiger partial charge in [0.1, 0.15) is 5.75 Å². The molecular weight excluding hydrogens is 377 g/mol. The molecule has 0 spiro atoms. The Morgan fingerprint density at radius 1 is 0.966 bits per heavy atom. The molecule has 1 aliphatic rings. The Morgan fingerprint density at radius 2 is 1.55 bits per heavy atom. The molecule has 0 amide bonds. The summed E-state index contributed by atoms with van der Waals surface area (Å²) in [6.07, 6.45) is -4.68. The van der Waals surface area contributed by atoms with E-state index in [1.165, 1.54) is 12.1 Å². The number of nitrogens with one attached hydrogen (secondary N) is 1. The van der Waals surface area contributed by atoms with E-state index in [1.807, 2.05) is 32.0 Å². The minimum Gasteiger partial charge on any atom is -0.406 e. The topological polar surface area (TPSA) is 24.5 Å². The molecule has 2 aromatic carbocycles. The molecule has 3 nitrogen and oxygen atoms in total. The zero-order valence-electron chi connectivity index (χ0n) is 17.5. The molecule has 0 aromatic heterocycles. The van der Waals surface area contributed by atoms with Crippen molar-refractivity contribution in [3.63, 3.8) is 0 Å². The maximum Gasteiger partial charge on any atom is 0.573 e. The van der Waals surface area contributed by atoms with Crippen molar-refractivity contribution in [2.45, 2.75) is 46.1 Å². The van der Waals surface area contributed by atoms with Gasteiger partial charge < -0.3 is 10.1 Å². The molecule has 0 saturated carbocycles. The van der Waals surface area contributed by atoms with Crippen LogP contribution in [0.1, 0.15) is 44.9 Å². The van der Waals surface area contributed by atoms with E-state index in [9.17, 15) is 13.2 Å². The summed E-state index contributed by atoms with van der Waals surface area (Å²) >= 11 is 0. The molecule has 2 atom stereocenters. The molecule has 1 saturated heterocycles. The molecular formula is C23H31F3N2O. The van der Waals surface area contributed by atoms with Crippen LogP contribution in [0.25, 0.3) is 0 Å². The number of halogens is 3. The lowest BCUT2D eigenvalue weighted by atomic mass is 9.94. The zero-order chi connectivity index (χ0) is 21.4. The molecule has 0 bridgehead atoms. The van der Waals surface area contributed by atoms with Gasteiger partial charge in [-0.05, 0) is 29.2 Å². The number of benzene rings is 2. The van der Waals surface area contributed by atoms with Crippen molar-refractivity contribution < 1.29 is 17.9 Å². The molecule has 29 heavy (non-hydrogen) atoms. The number of nitrogens with zero attached hydrogens (tertiary/aromatic N) is 1. The fraction of sp³-hybridized carbons (Fsp3) is 0.478. The van der Waals surface area contributed by atoms with Gasteiger partial charge in [-0.3, -0.25) is 4.90 Å². The van der Waals surface area contributed by atoms with Crippen LogP contribution in [-0.4, -0.2) is 36.9 Å². The predicted molar refractivity (Wildman–Crippen MR) is 111 cm³/mol. The van der Waals surface area contributed by atoms with Gasteiger partial charge in [0.25, 0.3) is 0 Å². The second-order valence-electron chi connectivity index (χ2n) is 7.23. The quantitative estimate of drug-likeness (QED) is 0.694. The third kappa shape index (κ3) is 6.75. The van der Waals surface area contributed by atoms with Crippen LogP contribution in [0, 0.1) is 5.92 Å². The molecule has 160 valence electrons. The van der Waals surface area contributed by atoms with Crippen molar-refractivity contribution in [1.82, 2.24) is 10.2 Å². The average molecular weight is 409 g/mol. The van der Waals surface area contributed by atoms with Crippen LogP contribution in [0.15, 0.2) is 54.6 Å². The van der Waals surface area contributed by atoms with E-state index in [4.69, 9.17) is 0 Å². The van der Waals surface area contributed by atoms with Crippen molar-refractivity contribution in [2.75, 3.05) is 19.6 Å². The Morgan fingerprint density at radius 3 is 2.10 bits per heavy atom. The summed E-state index contributed by atoms with van der Waals surface area (Å²) in [6, 6.07) is 16.7. The van der Waals surface area contributed by atoms with Crippen molar-refractivity contribution in [1.29, 1.82) is 0 Å². The van der Waals surface area contributed by atoms with Gasteiger partial charge in [-0.2, -0.15) is 0 Å². The van der Waals surface area contributed by atoms with Crippen LogP contribution in [0.4, 0.5) is 13.2 Å². The molecule has 2 aromatic rings. The van der Waals surface area contributed by atoms with E-state index in [1.54, 1.807) is 12.1 Å². The number of ether oxygens (including phenoxy) is 1. The predicted octanol–water partition coefficient (Wildman–Crippen LogP) is 5.63. The van der Waals surface area contributed by atoms with E-state index in [0.29, 0.717) is 12.0 Å². The first-order valence-electron chi connectivity index (χ1n) is 10.2. The fourth-order valence-corrected chi connectivity index (χ4v) is 3.58. The Balaban J connectivity index is 0.00000145. The molecule has 2 unspecified atom stereocenters. The lowest BCUT2D eigenvalue weighted by Crippen LogP contribution is -2.53. The summed E-state index contributed by atoms with van der Waals surface area (Å²) in [5, 5.41) is 3.55. The van der Waals surface area contributed by atoms with Crippen LogP contribution < -0.4 is 10.1 Å². The number of rotatable bonds is 5. The van der Waals surface area contributed by atoms with Crippen LogP contribution in [0.3, 0.4) is 0 Å². The highest BCUT2D eigenvalue weighted by Gasteiger charge is 2.32. The molecule has 6 heteroatoms. The van der Waals surface area contributed by atoms with E-state index in [2.05, 4.69) is 40.9 Å². The lowest BCUT2D eigenvalue weighted by molar-refractivity contribution is -0.274. The van der Waals surface area contributed by atoms with Crippen molar-refractivity contribution >= 4 is 0 Å². The Kier molecular flexibility index (Phi) is 8.53. The Labute approximate surface area is 171 Å². The summed E-state index contributed by atoms with van der Waals surface area (Å²) < 4.78 is 41.3. The summed E-state index contributed by atoms with van der Waals surface area (Å²) in [5.41, 5.74) is 2.09. The molecule has 1 fully saturated rings. The van der Waals surface area contributed by atoms with Crippen LogP contribution in [0.2, 0.25) is 0 Å². The summed E-state index contributed by atoms with van der Waals surface area (Å²) in [5.74, 6) is 0.310. The molecule has 1 N–H and O–H groups in total. The van der Waals surface area contributed by atoms with E-state index in [-0.39, 0.29) is 11.8 Å². The highest BCUT2D eigenvalue weighted by atomic mass is 19.4. The van der Waals surface area contributed by atoms with Gasteiger partial charge in [0.2, 0.25) is 0 Å². The third-order valence-electron chi connectivity index (χ3n) is 4.95. The smallest absolute Gasteiger partial charge is 0.406 e. The lowest BCUT2D eigenvalue weighted by Gasteiger charge is -2.40. The van der Waals surface area contributed by atoms with Gasteiger partial charge in [-0.1, -0.05) is 70.2 Å². The van der Waals surface area contributed by atoms with Crippen LogP contribution in [0.5, 0.6) is 5.75 Å². The second-order valence-corrected chi connectivity index (χ2v) is 7.23. The molecule has 3 rings (SSSR count). The number of alkyl halides is 3. The normalized spacial score (nSPS) is 18.7. The number of hydrogen-bond acceptors (Lipinski definition) is 3. The van der Waals surface area contributed by atoms with Crippen molar-refractivity contribution in [2.24, 2.45) is 5.92 Å². The van der Waals surface area contributed by atoms with Crippen LogP contribution >= 0.6 is 0 Å². The monoisotopic (exact) mass is 408 g/mol. The fourth-order valence-electron chi connectivity index (χ4n) is 3.58. The largest absolute Gasteiger partial charge is 0.573 e. The summed E-state index contributed by atoms with van der Waals surface area (Å²) in [4.78, 5) is 2.40. The SMILES string of the molecule is CC.CC(C)C1CN(C(c2ccccc2)c2ccc(OC(F)(F)F)cc2)CCN1. The first-order valence-corrected chi connectivity index (χ1v) is 10.2. The molecule has 0 radical (unpaired) electrons. The van der Waals surface area contributed by atoms with E-state index >= 15 is 0 Å². The molecule has 1 aliphatic heterocycles. The van der Waals surface area contributed by atoms with Crippen LogP contribution in [-0.2, 0) is 0 Å². The van der Waals surface area contributed by atoms with Gasteiger partial charge in [-0.25, -0.2) is 0 Å². The first-order chi connectivity index (χ1) is 13.8. The molecule has 1 heterocycles. The van der Waals surface area contributed by atoms with E-state index in [0.717, 1.165) is 30.8 Å². The first kappa shape index (κ1) is 23.2. The van der Waals surface area contributed by atoms with Gasteiger partial charge >= 0.3 is 6.36 Å². The van der Waals surface area contributed by atoms with Gasteiger partial charge in [0.05, 0.1) is 6.04 Å². The van der Waals surface area contributed by atoms with E-state index < -0.39 is 6.36 Å². The molecule has 0 aliphatic carbocycles. The van der Waals surface area contributed by atoms with Gasteiger partial charge in [0.15, 0.2) is 0 Å². The Hall–Kier alpha value is -2.05. The second kappa shape index (κ2) is 10.6. The van der Waals surface area contributed by atoms with Gasteiger partial charge in [0, 0.05) is 25.7 Å². The maximum atomic E-state index is 12.4. The Bertz CT molecular complexity index is 717. The van der Waals surface area contributed by atoms with Crippen molar-refractivity contribution in [3.8, 4) is 5.75 Å². The number of hydrogen-bond donors (Lipinski definition) is 1. The highest BCUT2D eigenvalue weighted by molar-refractivity contribution is 5.36. The highest BCUT2D eigenvalue weighted by Crippen LogP contribution is 2.32.